The molecule has 4 N–H and O–H groups in total. The normalized spacial score (nSPS) is 32.9. The molecule has 0 aliphatic carbocycles. The molecule has 4 atom stereocenters. The summed E-state index contributed by atoms with van der Waals surface area (Å²) in [6.07, 6.45) is -3.96. The Bertz CT molecular complexity index is 480. The van der Waals surface area contributed by atoms with Gasteiger partial charge in [0.15, 0.2) is 6.23 Å². The van der Waals surface area contributed by atoms with Gasteiger partial charge in [-0.3, -0.25) is 4.79 Å². The van der Waals surface area contributed by atoms with Crippen molar-refractivity contribution in [3.63, 3.8) is 0 Å². The van der Waals surface area contributed by atoms with Crippen molar-refractivity contribution < 1.29 is 20.1 Å². The lowest BCUT2D eigenvalue weighted by Gasteiger charge is -2.15. The second-order valence-electron chi connectivity index (χ2n) is 3.72. The Hall–Kier alpha value is -1.48. The molecule has 1 aliphatic heterocycles. The Kier molecular flexibility index (Phi) is 3.11. The summed E-state index contributed by atoms with van der Waals surface area (Å²) < 4.78 is 5.73. The number of nitrogens with zero attached hydrogens (tertiary/aromatic N) is 1. The van der Waals surface area contributed by atoms with E-state index in [1.54, 1.807) is 0 Å². The molecule has 0 spiro atoms. The lowest BCUT2D eigenvalue weighted by molar-refractivity contribution is -0.0564. The number of hydrogen-bond donors (Lipinski definition) is 4. The number of ether oxygens (including phenoxy) is 1. The molecule has 1 fully saturated rings. The van der Waals surface area contributed by atoms with Crippen molar-refractivity contribution in [1.82, 2.24) is 9.55 Å². The summed E-state index contributed by atoms with van der Waals surface area (Å²) in [5.74, 6) is 0. The zero-order valence-corrected chi connectivity index (χ0v) is 8.68. The zero-order valence-electron chi connectivity index (χ0n) is 8.68. The van der Waals surface area contributed by atoms with Gasteiger partial charge in [-0.1, -0.05) is 0 Å². The number of nitrogens with one attached hydrogen (secondary N) is 1. The van der Waals surface area contributed by atoms with Crippen molar-refractivity contribution in [2.24, 2.45) is 0 Å². The van der Waals surface area contributed by atoms with Crippen LogP contribution in [-0.4, -0.2) is 49.8 Å². The predicted octanol–water partition coefficient (Wildman–Crippen LogP) is -2.85. The largest absolute Gasteiger partial charge is 0.394 e. The monoisotopic (exact) mass is 244 g/mol. The minimum Gasteiger partial charge on any atom is -0.394 e. The number of hydrogen-bond acceptors (Lipinski definition) is 6. The van der Waals surface area contributed by atoms with Gasteiger partial charge in [-0.2, -0.15) is 0 Å². The van der Waals surface area contributed by atoms with E-state index in [0.29, 0.717) is 4.57 Å². The van der Waals surface area contributed by atoms with Crippen LogP contribution >= 0.6 is 0 Å². The van der Waals surface area contributed by atoms with Crippen molar-refractivity contribution >= 4 is 0 Å². The Morgan fingerprint density at radius 2 is 2.06 bits per heavy atom. The smallest absolute Gasteiger partial charge is 0.330 e. The van der Waals surface area contributed by atoms with E-state index in [1.807, 2.05) is 0 Å². The molecule has 1 aliphatic rings. The molecule has 0 bridgehead atoms. The maximum Gasteiger partial charge on any atom is 0.330 e. The van der Waals surface area contributed by atoms with Crippen LogP contribution in [0.4, 0.5) is 0 Å². The first-order valence-electron chi connectivity index (χ1n) is 4.99. The summed E-state index contributed by atoms with van der Waals surface area (Å²) in [7, 11) is 0. The van der Waals surface area contributed by atoms with E-state index in [2.05, 4.69) is 4.98 Å². The van der Waals surface area contributed by atoms with E-state index < -0.39 is 42.4 Å². The van der Waals surface area contributed by atoms with Gasteiger partial charge in [0.1, 0.15) is 18.3 Å². The molecule has 0 aromatic carbocycles. The summed E-state index contributed by atoms with van der Waals surface area (Å²) >= 11 is 0. The fraction of sp³-hybridized carbons (Fsp3) is 0.556. The average Bonchev–Trinajstić information content (AvgIpc) is 2.57. The first-order valence-corrected chi connectivity index (χ1v) is 4.99. The highest BCUT2D eigenvalue weighted by Crippen LogP contribution is 2.26. The molecule has 0 saturated carbocycles. The van der Waals surface area contributed by atoms with Crippen LogP contribution in [0.2, 0.25) is 0 Å². The SMILES string of the molecule is O=c1cc[nH]c(=O)n1C1O[C@H](CO)[C@H](O)[C@@H]1O. The molecule has 1 aromatic rings. The third kappa shape index (κ3) is 1.91. The topological polar surface area (TPSA) is 125 Å². The molecule has 0 amide bonds. The van der Waals surface area contributed by atoms with Crippen molar-refractivity contribution in [3.8, 4) is 0 Å². The van der Waals surface area contributed by atoms with Crippen LogP contribution < -0.4 is 11.2 Å². The molecular formula is C9H12N2O6. The third-order valence-corrected chi connectivity index (χ3v) is 2.66. The van der Waals surface area contributed by atoms with Crippen LogP contribution in [0, 0.1) is 0 Å². The fourth-order valence-electron chi connectivity index (χ4n) is 1.77. The summed E-state index contributed by atoms with van der Waals surface area (Å²) in [5.41, 5.74) is -1.42. The highest BCUT2D eigenvalue weighted by molar-refractivity contribution is 4.93. The second-order valence-corrected chi connectivity index (χ2v) is 3.72. The Morgan fingerprint density at radius 1 is 1.35 bits per heavy atom. The number of H-pyrrole nitrogens is 1. The highest BCUT2D eigenvalue weighted by atomic mass is 16.6. The van der Waals surface area contributed by atoms with Crippen LogP contribution in [0.25, 0.3) is 0 Å². The van der Waals surface area contributed by atoms with Crippen LogP contribution in [0.3, 0.4) is 0 Å². The second kappa shape index (κ2) is 4.41. The van der Waals surface area contributed by atoms with Gasteiger partial charge in [-0.15, -0.1) is 0 Å². The Labute approximate surface area is 94.7 Å². The number of rotatable bonds is 2. The summed E-state index contributed by atoms with van der Waals surface area (Å²) in [6.45, 7) is -0.520. The van der Waals surface area contributed by atoms with Gasteiger partial charge in [0.25, 0.3) is 5.56 Å². The van der Waals surface area contributed by atoms with Gasteiger partial charge < -0.3 is 25.0 Å². The standard InChI is InChI=1S/C9H12N2O6/c12-3-4-6(14)7(15)8(17-4)11-5(13)1-2-10-9(11)16/h1-2,4,6-8,12,14-15H,3H2,(H,10,16)/t4-,6+,7+,8?/m1/s1. The van der Waals surface area contributed by atoms with E-state index in [-0.39, 0.29) is 0 Å². The van der Waals surface area contributed by atoms with Gasteiger partial charge in [-0.25, -0.2) is 9.36 Å². The molecule has 2 rings (SSSR count). The zero-order chi connectivity index (χ0) is 12.6. The van der Waals surface area contributed by atoms with Crippen LogP contribution in [-0.2, 0) is 4.74 Å². The van der Waals surface area contributed by atoms with Crippen LogP contribution in [0.15, 0.2) is 21.9 Å². The average molecular weight is 244 g/mol. The maximum absolute atomic E-state index is 11.5. The summed E-state index contributed by atoms with van der Waals surface area (Å²) in [5, 5.41) is 28.1. The van der Waals surface area contributed by atoms with Gasteiger partial charge in [0, 0.05) is 12.3 Å². The van der Waals surface area contributed by atoms with E-state index in [0.717, 1.165) is 6.07 Å². The molecule has 2 heterocycles. The van der Waals surface area contributed by atoms with Gasteiger partial charge in [-0.05, 0) is 0 Å². The highest BCUT2D eigenvalue weighted by Gasteiger charge is 2.44. The van der Waals surface area contributed by atoms with E-state index >= 15 is 0 Å². The number of aromatic amines is 1. The number of aliphatic hydroxyl groups is 3. The lowest BCUT2D eigenvalue weighted by Crippen LogP contribution is -2.42. The molecule has 0 radical (unpaired) electrons. The minimum atomic E-state index is -1.45. The summed E-state index contributed by atoms with van der Waals surface area (Å²) in [4.78, 5) is 25.2. The first-order chi connectivity index (χ1) is 8.06. The fourth-order valence-corrected chi connectivity index (χ4v) is 1.77. The van der Waals surface area contributed by atoms with Crippen LogP contribution in [0.5, 0.6) is 0 Å². The predicted molar refractivity (Wildman–Crippen MR) is 54.3 cm³/mol. The van der Waals surface area contributed by atoms with Crippen molar-refractivity contribution in [2.75, 3.05) is 6.61 Å². The molecule has 1 saturated heterocycles. The molecule has 94 valence electrons. The van der Waals surface area contributed by atoms with Crippen molar-refractivity contribution in [3.05, 3.63) is 33.1 Å². The maximum atomic E-state index is 11.5. The van der Waals surface area contributed by atoms with Gasteiger partial charge in [0.2, 0.25) is 0 Å². The first kappa shape index (κ1) is 12.0. The van der Waals surface area contributed by atoms with E-state index in [4.69, 9.17) is 9.84 Å². The molecular weight excluding hydrogens is 232 g/mol. The quantitative estimate of drug-likeness (QED) is 0.444. The number of aromatic nitrogens is 2. The summed E-state index contributed by atoms with van der Waals surface area (Å²) in [6, 6.07) is 1.09. The van der Waals surface area contributed by atoms with Crippen molar-refractivity contribution in [2.45, 2.75) is 24.5 Å². The van der Waals surface area contributed by atoms with Crippen LogP contribution in [0.1, 0.15) is 6.23 Å². The lowest BCUT2D eigenvalue weighted by atomic mass is 10.1. The molecule has 8 nitrogen and oxygen atoms in total. The number of aliphatic hydroxyl groups excluding tert-OH is 3. The van der Waals surface area contributed by atoms with Gasteiger partial charge in [0.05, 0.1) is 6.61 Å². The Balaban J connectivity index is 2.42. The minimum absolute atomic E-state index is 0.520. The molecule has 1 unspecified atom stereocenters. The van der Waals surface area contributed by atoms with E-state index in [1.165, 1.54) is 6.20 Å². The van der Waals surface area contributed by atoms with E-state index in [9.17, 15) is 19.8 Å². The molecule has 1 aromatic heterocycles. The molecule has 17 heavy (non-hydrogen) atoms. The Morgan fingerprint density at radius 3 is 2.59 bits per heavy atom. The third-order valence-electron chi connectivity index (χ3n) is 2.66. The van der Waals surface area contributed by atoms with Crippen molar-refractivity contribution in [1.29, 1.82) is 0 Å². The molecule has 8 heteroatoms. The van der Waals surface area contributed by atoms with Gasteiger partial charge >= 0.3 is 5.69 Å².